The average molecular weight is 266 g/mol. The van der Waals surface area contributed by atoms with Crippen LogP contribution in [0.15, 0.2) is 12.3 Å². The number of fused-ring (bicyclic) bond motifs is 1. The summed E-state index contributed by atoms with van der Waals surface area (Å²) in [6.07, 6.45) is 5.98. The minimum atomic E-state index is 0.494. The Morgan fingerprint density at radius 1 is 1.21 bits per heavy atom. The van der Waals surface area contributed by atoms with Crippen molar-refractivity contribution in [1.82, 2.24) is 0 Å². The first-order chi connectivity index (χ1) is 8.97. The van der Waals surface area contributed by atoms with Gasteiger partial charge in [-0.2, -0.15) is 0 Å². The molecule has 2 rings (SSSR count). The minimum absolute atomic E-state index is 0.494. The average Bonchev–Trinajstić information content (AvgIpc) is 3.10. The molecule has 19 heavy (non-hydrogen) atoms. The minimum Gasteiger partial charge on any atom is -0.498 e. The van der Waals surface area contributed by atoms with Gasteiger partial charge in [0, 0.05) is 5.92 Å². The van der Waals surface area contributed by atoms with Crippen LogP contribution in [0.25, 0.3) is 0 Å². The summed E-state index contributed by atoms with van der Waals surface area (Å²) in [7, 11) is 0. The third kappa shape index (κ3) is 4.24. The summed E-state index contributed by atoms with van der Waals surface area (Å²) < 4.78 is 11.6. The lowest BCUT2D eigenvalue weighted by Gasteiger charge is -2.27. The van der Waals surface area contributed by atoms with Crippen molar-refractivity contribution in [2.75, 3.05) is 6.61 Å². The zero-order chi connectivity index (χ0) is 14.0. The highest BCUT2D eigenvalue weighted by molar-refractivity contribution is 4.95. The number of rotatable bonds is 7. The first kappa shape index (κ1) is 14.9. The Morgan fingerprint density at radius 3 is 2.53 bits per heavy atom. The summed E-state index contributed by atoms with van der Waals surface area (Å²) in [5.74, 6) is 3.48. The van der Waals surface area contributed by atoms with Gasteiger partial charge in [-0.05, 0) is 43.4 Å². The van der Waals surface area contributed by atoms with E-state index in [1.807, 2.05) is 0 Å². The van der Waals surface area contributed by atoms with E-state index in [0.29, 0.717) is 35.9 Å². The van der Waals surface area contributed by atoms with E-state index >= 15 is 0 Å². The number of epoxide rings is 1. The summed E-state index contributed by atoms with van der Waals surface area (Å²) in [5, 5.41) is 0. The first-order valence-electron chi connectivity index (χ1n) is 7.94. The lowest BCUT2D eigenvalue weighted by atomic mass is 9.86. The van der Waals surface area contributed by atoms with Crippen LogP contribution in [0.4, 0.5) is 0 Å². The Labute approximate surface area is 118 Å². The number of hydrogen-bond acceptors (Lipinski definition) is 2. The molecule has 4 unspecified atom stereocenters. The third-order valence-corrected chi connectivity index (χ3v) is 4.56. The monoisotopic (exact) mass is 266 g/mol. The summed E-state index contributed by atoms with van der Waals surface area (Å²) in [6, 6.07) is 0. The van der Waals surface area contributed by atoms with Gasteiger partial charge < -0.3 is 9.47 Å². The van der Waals surface area contributed by atoms with Crippen molar-refractivity contribution in [1.29, 1.82) is 0 Å². The molecule has 4 atom stereocenters. The second-order valence-corrected chi connectivity index (χ2v) is 7.15. The van der Waals surface area contributed by atoms with Gasteiger partial charge >= 0.3 is 0 Å². The molecule has 1 saturated carbocycles. The molecule has 110 valence electrons. The molecule has 2 nitrogen and oxygen atoms in total. The van der Waals surface area contributed by atoms with Crippen LogP contribution in [-0.2, 0) is 9.47 Å². The summed E-state index contributed by atoms with van der Waals surface area (Å²) in [6.45, 7) is 14.1. The molecule has 1 saturated heterocycles. The van der Waals surface area contributed by atoms with Gasteiger partial charge in [-0.3, -0.25) is 0 Å². The van der Waals surface area contributed by atoms with E-state index in [2.05, 4.69) is 34.3 Å². The Balaban J connectivity index is 1.74. The van der Waals surface area contributed by atoms with E-state index in [1.165, 1.54) is 25.7 Å². The van der Waals surface area contributed by atoms with Gasteiger partial charge in [-0.25, -0.2) is 0 Å². The fourth-order valence-corrected chi connectivity index (χ4v) is 3.25. The van der Waals surface area contributed by atoms with E-state index in [4.69, 9.17) is 9.47 Å². The van der Waals surface area contributed by atoms with Crippen molar-refractivity contribution >= 4 is 0 Å². The Kier molecular flexibility index (Phi) is 4.94. The highest BCUT2D eigenvalue weighted by atomic mass is 16.6. The van der Waals surface area contributed by atoms with Crippen LogP contribution in [0.5, 0.6) is 0 Å². The molecule has 0 aromatic carbocycles. The highest BCUT2D eigenvalue weighted by Gasteiger charge is 2.43. The van der Waals surface area contributed by atoms with Crippen LogP contribution in [0.1, 0.15) is 53.4 Å². The molecule has 0 N–H and O–H groups in total. The van der Waals surface area contributed by atoms with Gasteiger partial charge in [-0.15, -0.1) is 0 Å². The number of hydrogen-bond donors (Lipinski definition) is 0. The molecule has 1 heterocycles. The summed E-state index contributed by atoms with van der Waals surface area (Å²) in [4.78, 5) is 0. The molecule has 0 radical (unpaired) electrons. The van der Waals surface area contributed by atoms with E-state index in [9.17, 15) is 0 Å². The lowest BCUT2D eigenvalue weighted by molar-refractivity contribution is 0.108. The molecular formula is C17H30O2. The number of ether oxygens (including phenoxy) is 2. The zero-order valence-electron chi connectivity index (χ0n) is 13.0. The molecule has 0 aromatic rings. The fraction of sp³-hybridized carbons (Fsp3) is 0.882. The van der Waals surface area contributed by atoms with Crippen LogP contribution in [0.2, 0.25) is 0 Å². The smallest absolute Gasteiger partial charge is 0.0921 e. The highest BCUT2D eigenvalue weighted by Crippen LogP contribution is 2.40. The fourth-order valence-electron chi connectivity index (χ4n) is 3.25. The van der Waals surface area contributed by atoms with Gasteiger partial charge in [0.05, 0.1) is 24.6 Å². The maximum Gasteiger partial charge on any atom is 0.0921 e. The van der Waals surface area contributed by atoms with Crippen molar-refractivity contribution in [3.05, 3.63) is 12.3 Å². The predicted octanol–water partition coefficient (Wildman–Crippen LogP) is 4.40. The van der Waals surface area contributed by atoms with Crippen LogP contribution in [-0.4, -0.2) is 18.8 Å². The quantitative estimate of drug-likeness (QED) is 0.503. The van der Waals surface area contributed by atoms with Crippen LogP contribution >= 0.6 is 0 Å². The molecule has 0 aromatic heterocycles. The van der Waals surface area contributed by atoms with Gasteiger partial charge in [0.2, 0.25) is 0 Å². The maximum atomic E-state index is 6.02. The van der Waals surface area contributed by atoms with Gasteiger partial charge in [0.15, 0.2) is 0 Å². The SMILES string of the molecule is C=C(OCC1CCC2OC2C1)C(CC(C)C)C(C)C. The van der Waals surface area contributed by atoms with E-state index in [0.717, 1.165) is 12.4 Å². The lowest BCUT2D eigenvalue weighted by Crippen LogP contribution is -2.21. The summed E-state index contributed by atoms with van der Waals surface area (Å²) >= 11 is 0. The van der Waals surface area contributed by atoms with E-state index in [-0.39, 0.29) is 0 Å². The second kappa shape index (κ2) is 6.30. The van der Waals surface area contributed by atoms with Crippen molar-refractivity contribution in [3.63, 3.8) is 0 Å². The Morgan fingerprint density at radius 2 is 1.95 bits per heavy atom. The first-order valence-corrected chi connectivity index (χ1v) is 7.94. The molecule has 0 amide bonds. The second-order valence-electron chi connectivity index (χ2n) is 7.15. The largest absolute Gasteiger partial charge is 0.498 e. The topological polar surface area (TPSA) is 21.8 Å². The standard InChI is InChI=1S/C17H30O2/c1-11(2)8-15(12(3)4)13(5)18-10-14-6-7-16-17(9-14)19-16/h11-12,14-17H,5-10H2,1-4H3. The van der Waals surface area contributed by atoms with Crippen LogP contribution < -0.4 is 0 Å². The van der Waals surface area contributed by atoms with Crippen molar-refractivity contribution in [2.24, 2.45) is 23.7 Å². The third-order valence-electron chi connectivity index (χ3n) is 4.56. The van der Waals surface area contributed by atoms with Crippen LogP contribution in [0, 0.1) is 23.7 Å². The van der Waals surface area contributed by atoms with Crippen molar-refractivity contribution in [3.8, 4) is 0 Å². The molecule has 2 heteroatoms. The van der Waals surface area contributed by atoms with Crippen molar-refractivity contribution in [2.45, 2.75) is 65.6 Å². The molecule has 2 fully saturated rings. The maximum absolute atomic E-state index is 6.02. The molecule has 0 bridgehead atoms. The number of allylic oxidation sites excluding steroid dienone is 1. The van der Waals surface area contributed by atoms with Gasteiger partial charge in [0.1, 0.15) is 0 Å². The Hall–Kier alpha value is -0.500. The van der Waals surface area contributed by atoms with Gasteiger partial charge in [0.25, 0.3) is 0 Å². The Bertz CT molecular complexity index is 308. The molecule has 0 spiro atoms. The summed E-state index contributed by atoms with van der Waals surface area (Å²) in [5.41, 5.74) is 0. The predicted molar refractivity (Wildman–Crippen MR) is 78.9 cm³/mol. The molecule has 1 aliphatic carbocycles. The molecule has 1 aliphatic heterocycles. The zero-order valence-corrected chi connectivity index (χ0v) is 13.0. The van der Waals surface area contributed by atoms with E-state index < -0.39 is 0 Å². The van der Waals surface area contributed by atoms with Crippen molar-refractivity contribution < 1.29 is 9.47 Å². The normalized spacial score (nSPS) is 31.2. The van der Waals surface area contributed by atoms with E-state index in [1.54, 1.807) is 0 Å². The van der Waals surface area contributed by atoms with Gasteiger partial charge in [-0.1, -0.05) is 34.3 Å². The molecule has 2 aliphatic rings. The molecular weight excluding hydrogens is 236 g/mol. The van der Waals surface area contributed by atoms with Crippen LogP contribution in [0.3, 0.4) is 0 Å².